The highest BCUT2D eigenvalue weighted by Gasteiger charge is 2.17. The lowest BCUT2D eigenvalue weighted by molar-refractivity contribution is 0.0696. The molecule has 0 saturated heterocycles. The van der Waals surface area contributed by atoms with Crippen molar-refractivity contribution < 1.29 is 9.90 Å². The van der Waals surface area contributed by atoms with Crippen LogP contribution in [0.2, 0.25) is 0 Å². The molecule has 4 heteroatoms. The number of carboxylic acids is 1. The topological polar surface area (TPSA) is 49.3 Å². The molecule has 0 unspecified atom stereocenters. The van der Waals surface area contributed by atoms with Gasteiger partial charge in [-0.25, -0.2) is 4.79 Å². The van der Waals surface area contributed by atoms with Crippen molar-refractivity contribution in [3.63, 3.8) is 0 Å². The minimum Gasteiger partial charge on any atom is -0.478 e. The monoisotopic (exact) mass is 195 g/mol. The largest absolute Gasteiger partial charge is 0.478 e. The summed E-state index contributed by atoms with van der Waals surface area (Å²) in [6.07, 6.45) is 0. The average molecular weight is 195 g/mol. The molecule has 1 aliphatic heterocycles. The van der Waals surface area contributed by atoms with Crippen LogP contribution in [-0.2, 0) is 0 Å². The van der Waals surface area contributed by atoms with Gasteiger partial charge in [-0.2, -0.15) is 0 Å². The molecule has 0 fully saturated rings. The predicted octanol–water partition coefficient (Wildman–Crippen LogP) is 2.17. The molecule has 0 aromatic heterocycles. The van der Waals surface area contributed by atoms with Crippen LogP contribution in [0.15, 0.2) is 17.0 Å². The Balaban J connectivity index is 2.59. The maximum absolute atomic E-state index is 10.8. The van der Waals surface area contributed by atoms with E-state index in [1.165, 1.54) is 0 Å². The molecule has 0 saturated carbocycles. The third-order valence-electron chi connectivity index (χ3n) is 2.12. The lowest BCUT2D eigenvalue weighted by Gasteiger charge is -2.05. The van der Waals surface area contributed by atoms with Gasteiger partial charge >= 0.3 is 5.97 Å². The second-order valence-electron chi connectivity index (χ2n) is 2.89. The fourth-order valence-electron chi connectivity index (χ4n) is 1.43. The number of nitrogens with one attached hydrogen (secondary N) is 1. The number of thioether (sulfide) groups is 1. The Kier molecular flexibility index (Phi) is 1.92. The molecule has 1 heterocycles. The molecule has 1 aliphatic rings. The van der Waals surface area contributed by atoms with Crippen molar-refractivity contribution in [2.24, 2.45) is 0 Å². The first kappa shape index (κ1) is 8.44. The first-order valence-electron chi connectivity index (χ1n) is 3.93. The lowest BCUT2D eigenvalue weighted by atomic mass is 10.1. The van der Waals surface area contributed by atoms with E-state index in [0.717, 1.165) is 22.0 Å². The fraction of sp³-hybridized carbons (Fsp3) is 0.222. The Hall–Kier alpha value is -1.16. The summed E-state index contributed by atoms with van der Waals surface area (Å²) in [5.74, 6) is -0.0213. The molecule has 68 valence electrons. The third kappa shape index (κ3) is 1.27. The Labute approximate surface area is 80.1 Å². The summed E-state index contributed by atoms with van der Waals surface area (Å²) in [6.45, 7) is 1.85. The number of carboxylic acid groups (broad SMARTS) is 1. The molecule has 1 aromatic rings. The maximum Gasteiger partial charge on any atom is 0.335 e. The van der Waals surface area contributed by atoms with E-state index in [4.69, 9.17) is 5.11 Å². The minimum atomic E-state index is -0.854. The maximum atomic E-state index is 10.8. The van der Waals surface area contributed by atoms with Crippen molar-refractivity contribution in [3.05, 3.63) is 23.3 Å². The number of fused-ring (bicyclic) bond motifs is 1. The summed E-state index contributed by atoms with van der Waals surface area (Å²) < 4.78 is 0. The summed E-state index contributed by atoms with van der Waals surface area (Å²) >= 11 is 1.65. The molecule has 0 aliphatic carbocycles. The summed E-state index contributed by atoms with van der Waals surface area (Å²) in [5, 5.41) is 12.0. The Morgan fingerprint density at radius 3 is 3.08 bits per heavy atom. The molecular formula is C9H9NO2S. The van der Waals surface area contributed by atoms with Gasteiger partial charge in [0, 0.05) is 10.6 Å². The van der Waals surface area contributed by atoms with E-state index in [9.17, 15) is 4.79 Å². The van der Waals surface area contributed by atoms with E-state index >= 15 is 0 Å². The zero-order valence-electron chi connectivity index (χ0n) is 7.13. The van der Waals surface area contributed by atoms with Gasteiger partial charge in [-0.1, -0.05) is 0 Å². The zero-order valence-corrected chi connectivity index (χ0v) is 7.94. The van der Waals surface area contributed by atoms with Crippen molar-refractivity contribution in [2.45, 2.75) is 11.8 Å². The van der Waals surface area contributed by atoms with E-state index in [-0.39, 0.29) is 0 Å². The number of anilines is 1. The molecule has 0 radical (unpaired) electrons. The molecule has 3 nitrogen and oxygen atoms in total. The number of hydrogen-bond donors (Lipinski definition) is 2. The molecule has 2 rings (SSSR count). The summed E-state index contributed by atoms with van der Waals surface area (Å²) in [7, 11) is 0. The number of aromatic carboxylic acids is 1. The Bertz CT molecular complexity index is 376. The average Bonchev–Trinajstić information content (AvgIpc) is 2.52. The molecule has 13 heavy (non-hydrogen) atoms. The molecule has 0 bridgehead atoms. The van der Waals surface area contributed by atoms with Gasteiger partial charge in [-0.3, -0.25) is 0 Å². The SMILES string of the molecule is Cc1c(C(=O)O)ccc2c1SCN2. The van der Waals surface area contributed by atoms with Crippen LogP contribution in [0.4, 0.5) is 5.69 Å². The van der Waals surface area contributed by atoms with Crippen molar-refractivity contribution in [1.82, 2.24) is 0 Å². The van der Waals surface area contributed by atoms with E-state index in [0.29, 0.717) is 5.56 Å². The van der Waals surface area contributed by atoms with Crippen LogP contribution in [-0.4, -0.2) is 17.0 Å². The van der Waals surface area contributed by atoms with Crippen LogP contribution in [0.3, 0.4) is 0 Å². The minimum absolute atomic E-state index is 0.398. The van der Waals surface area contributed by atoms with Gasteiger partial charge in [0.05, 0.1) is 11.4 Å². The van der Waals surface area contributed by atoms with Gasteiger partial charge in [-0.15, -0.1) is 11.8 Å². The Morgan fingerprint density at radius 2 is 2.38 bits per heavy atom. The summed E-state index contributed by atoms with van der Waals surface area (Å²) in [5.41, 5.74) is 2.31. The first-order valence-corrected chi connectivity index (χ1v) is 4.92. The van der Waals surface area contributed by atoms with Gasteiger partial charge in [0.1, 0.15) is 0 Å². The fourth-order valence-corrected chi connectivity index (χ4v) is 2.43. The highest BCUT2D eigenvalue weighted by molar-refractivity contribution is 8.00. The molecule has 0 atom stereocenters. The standard InChI is InChI=1S/C9H9NO2S/c1-5-6(9(11)12)2-3-7-8(5)13-4-10-7/h2-3,10H,4H2,1H3,(H,11,12). The van der Waals surface area contributed by atoms with E-state index in [2.05, 4.69) is 5.32 Å². The van der Waals surface area contributed by atoms with Crippen LogP contribution in [0, 0.1) is 6.92 Å². The second-order valence-corrected chi connectivity index (χ2v) is 3.87. The molecule has 0 amide bonds. The van der Waals surface area contributed by atoms with Gasteiger partial charge in [-0.05, 0) is 24.6 Å². The van der Waals surface area contributed by atoms with Crippen molar-refractivity contribution in [1.29, 1.82) is 0 Å². The van der Waals surface area contributed by atoms with Crippen LogP contribution in [0.25, 0.3) is 0 Å². The van der Waals surface area contributed by atoms with Gasteiger partial charge in [0.25, 0.3) is 0 Å². The highest BCUT2D eigenvalue weighted by atomic mass is 32.2. The van der Waals surface area contributed by atoms with Gasteiger partial charge < -0.3 is 10.4 Å². The van der Waals surface area contributed by atoms with Gasteiger partial charge in [0.2, 0.25) is 0 Å². The highest BCUT2D eigenvalue weighted by Crippen LogP contribution is 2.37. The van der Waals surface area contributed by atoms with E-state index < -0.39 is 5.97 Å². The summed E-state index contributed by atoms with van der Waals surface area (Å²) in [6, 6.07) is 3.47. The van der Waals surface area contributed by atoms with E-state index in [1.807, 2.05) is 13.0 Å². The normalized spacial score (nSPS) is 13.6. The first-order chi connectivity index (χ1) is 6.20. The van der Waals surface area contributed by atoms with E-state index in [1.54, 1.807) is 17.8 Å². The predicted molar refractivity (Wildman–Crippen MR) is 52.5 cm³/mol. The van der Waals surface area contributed by atoms with Gasteiger partial charge in [0.15, 0.2) is 0 Å². The van der Waals surface area contributed by atoms with Crippen LogP contribution in [0.5, 0.6) is 0 Å². The zero-order chi connectivity index (χ0) is 9.42. The van der Waals surface area contributed by atoms with Crippen molar-refractivity contribution in [2.75, 3.05) is 11.2 Å². The quantitative estimate of drug-likeness (QED) is 0.721. The van der Waals surface area contributed by atoms with Crippen LogP contribution >= 0.6 is 11.8 Å². The number of rotatable bonds is 1. The van der Waals surface area contributed by atoms with Crippen LogP contribution in [0.1, 0.15) is 15.9 Å². The molecular weight excluding hydrogens is 186 g/mol. The number of carbonyl (C=O) groups is 1. The van der Waals surface area contributed by atoms with Crippen molar-refractivity contribution >= 4 is 23.4 Å². The lowest BCUT2D eigenvalue weighted by Crippen LogP contribution is -2.00. The molecule has 1 aromatic carbocycles. The van der Waals surface area contributed by atoms with Crippen LogP contribution < -0.4 is 5.32 Å². The number of hydrogen-bond acceptors (Lipinski definition) is 3. The summed E-state index contributed by atoms with van der Waals surface area (Å²) in [4.78, 5) is 11.9. The molecule has 0 spiro atoms. The second kappa shape index (κ2) is 2.96. The smallest absolute Gasteiger partial charge is 0.335 e. The van der Waals surface area contributed by atoms with Crippen molar-refractivity contribution in [3.8, 4) is 0 Å². The third-order valence-corrected chi connectivity index (χ3v) is 3.22. The molecule has 2 N–H and O–H groups in total. The number of benzene rings is 1. The Morgan fingerprint density at radius 1 is 1.62 bits per heavy atom.